The summed E-state index contributed by atoms with van der Waals surface area (Å²) in [4.78, 5) is 8.78. The average Bonchev–Trinajstić information content (AvgIpc) is 2.54. The second-order valence-corrected chi connectivity index (χ2v) is 5.59. The molecule has 0 aliphatic rings. The highest BCUT2D eigenvalue weighted by molar-refractivity contribution is 5.70. The third-order valence-corrected chi connectivity index (χ3v) is 3.15. The minimum Gasteiger partial charge on any atom is -0.542 e. The standard InChI is InChI=1S/C16H25FO2.C2HF3O2/c1-3-4-5-10-18-11-6-7-12-19-16-9-8-14(2)13-15(16)17;3-2(4,5)1(6)7/h8-9,13H,3-7,10-12H2,1-2H3;(H,6,7)/p-1. The molecule has 0 saturated carbocycles. The van der Waals surface area contributed by atoms with E-state index in [2.05, 4.69) is 6.92 Å². The van der Waals surface area contributed by atoms with Crippen molar-refractivity contribution in [2.75, 3.05) is 19.8 Å². The molecule has 26 heavy (non-hydrogen) atoms. The third-order valence-electron chi connectivity index (χ3n) is 3.15. The van der Waals surface area contributed by atoms with Crippen LogP contribution in [0.2, 0.25) is 0 Å². The van der Waals surface area contributed by atoms with E-state index in [1.807, 2.05) is 13.0 Å². The molecule has 0 atom stereocenters. The van der Waals surface area contributed by atoms with Gasteiger partial charge in [-0.15, -0.1) is 0 Å². The number of hydrogen-bond donors (Lipinski definition) is 0. The Morgan fingerprint density at radius 3 is 2.12 bits per heavy atom. The number of halogens is 4. The molecule has 4 nitrogen and oxygen atoms in total. The summed E-state index contributed by atoms with van der Waals surface area (Å²) >= 11 is 0. The van der Waals surface area contributed by atoms with Crippen molar-refractivity contribution in [3.8, 4) is 5.75 Å². The Morgan fingerprint density at radius 2 is 1.62 bits per heavy atom. The molecule has 1 rings (SSSR count). The molecule has 0 unspecified atom stereocenters. The molecule has 0 aromatic heterocycles. The number of hydrogen-bond acceptors (Lipinski definition) is 4. The number of benzene rings is 1. The maximum absolute atomic E-state index is 13.4. The molecular weight excluding hydrogens is 356 g/mol. The van der Waals surface area contributed by atoms with E-state index in [0.717, 1.165) is 38.0 Å². The summed E-state index contributed by atoms with van der Waals surface area (Å²) in [6, 6.07) is 5.04. The minimum atomic E-state index is -5.19. The highest BCUT2D eigenvalue weighted by Crippen LogP contribution is 2.18. The molecule has 0 radical (unpaired) electrons. The lowest BCUT2D eigenvalue weighted by Gasteiger charge is -2.08. The Bertz CT molecular complexity index is 518. The van der Waals surface area contributed by atoms with E-state index >= 15 is 0 Å². The molecule has 1 aromatic rings. The van der Waals surface area contributed by atoms with E-state index in [4.69, 9.17) is 19.4 Å². The molecule has 0 aliphatic carbocycles. The van der Waals surface area contributed by atoms with Crippen LogP contribution in [0.25, 0.3) is 0 Å². The number of alkyl halides is 3. The quantitative estimate of drug-likeness (QED) is 0.457. The summed E-state index contributed by atoms with van der Waals surface area (Å²) in [5.41, 5.74) is 0.908. The summed E-state index contributed by atoms with van der Waals surface area (Å²) in [7, 11) is 0. The zero-order chi connectivity index (χ0) is 20.0. The number of unbranched alkanes of at least 4 members (excludes halogenated alkanes) is 3. The van der Waals surface area contributed by atoms with Crippen molar-refractivity contribution in [1.82, 2.24) is 0 Å². The topological polar surface area (TPSA) is 58.6 Å². The summed E-state index contributed by atoms with van der Waals surface area (Å²) in [5, 5.41) is 8.78. The fourth-order valence-corrected chi connectivity index (χ4v) is 1.77. The molecule has 0 heterocycles. The predicted octanol–water partition coefficient (Wildman–Crippen LogP) is 3.80. The fourth-order valence-electron chi connectivity index (χ4n) is 1.77. The first kappa shape index (κ1) is 24.2. The van der Waals surface area contributed by atoms with E-state index in [9.17, 15) is 17.6 Å². The van der Waals surface area contributed by atoms with Gasteiger partial charge in [0.25, 0.3) is 0 Å². The average molecular weight is 381 g/mol. The zero-order valence-electron chi connectivity index (χ0n) is 15.0. The van der Waals surface area contributed by atoms with Crippen molar-refractivity contribution < 1.29 is 36.9 Å². The number of ether oxygens (including phenoxy) is 2. The SMILES string of the molecule is CCCCCOCCCCOc1ccc(C)cc1F.O=C([O-])C(F)(F)F. The lowest BCUT2D eigenvalue weighted by Crippen LogP contribution is -2.37. The smallest absolute Gasteiger partial charge is 0.430 e. The van der Waals surface area contributed by atoms with Crippen LogP contribution in [-0.2, 0) is 9.53 Å². The number of aliphatic carboxylic acids is 1. The van der Waals surface area contributed by atoms with Gasteiger partial charge in [0, 0.05) is 13.2 Å². The molecule has 0 bridgehead atoms. The zero-order valence-corrected chi connectivity index (χ0v) is 15.0. The predicted molar refractivity (Wildman–Crippen MR) is 87.3 cm³/mol. The largest absolute Gasteiger partial charge is 0.542 e. The molecule has 1 aromatic carbocycles. The lowest BCUT2D eigenvalue weighted by molar-refractivity contribution is -0.344. The lowest BCUT2D eigenvalue weighted by atomic mass is 10.2. The molecule has 0 aliphatic heterocycles. The van der Waals surface area contributed by atoms with Gasteiger partial charge >= 0.3 is 6.18 Å². The molecular formula is C18H25F4O4-. The van der Waals surface area contributed by atoms with E-state index in [-0.39, 0.29) is 5.82 Å². The second-order valence-electron chi connectivity index (χ2n) is 5.59. The van der Waals surface area contributed by atoms with Crippen LogP contribution in [0.4, 0.5) is 17.6 Å². The van der Waals surface area contributed by atoms with Gasteiger partial charge in [-0.2, -0.15) is 13.2 Å². The molecule has 0 saturated heterocycles. The van der Waals surface area contributed by atoms with E-state index in [1.165, 1.54) is 18.9 Å². The van der Waals surface area contributed by atoms with Gasteiger partial charge in [-0.3, -0.25) is 0 Å². The molecule has 0 amide bonds. The Morgan fingerprint density at radius 1 is 1.08 bits per heavy atom. The summed E-state index contributed by atoms with van der Waals surface area (Å²) < 4.78 is 55.9. The first-order chi connectivity index (χ1) is 12.2. The van der Waals surface area contributed by atoms with Gasteiger partial charge in [-0.1, -0.05) is 25.8 Å². The van der Waals surface area contributed by atoms with Gasteiger partial charge in [0.1, 0.15) is 5.97 Å². The minimum absolute atomic E-state index is 0.282. The summed E-state index contributed by atoms with van der Waals surface area (Å²) in [5.74, 6) is -2.95. The van der Waals surface area contributed by atoms with Crippen LogP contribution >= 0.6 is 0 Å². The maximum Gasteiger partial charge on any atom is 0.430 e. The van der Waals surface area contributed by atoms with Crippen LogP contribution in [-0.4, -0.2) is 32.0 Å². The van der Waals surface area contributed by atoms with Crippen molar-refractivity contribution in [2.24, 2.45) is 0 Å². The number of aryl methyl sites for hydroxylation is 1. The number of carbonyl (C=O) groups is 1. The van der Waals surface area contributed by atoms with Crippen molar-refractivity contribution in [1.29, 1.82) is 0 Å². The van der Waals surface area contributed by atoms with Crippen molar-refractivity contribution in [2.45, 2.75) is 52.1 Å². The van der Waals surface area contributed by atoms with Crippen LogP contribution in [0.5, 0.6) is 5.75 Å². The van der Waals surface area contributed by atoms with E-state index < -0.39 is 12.1 Å². The van der Waals surface area contributed by atoms with Gasteiger partial charge in [0.05, 0.1) is 6.61 Å². The maximum atomic E-state index is 13.4. The highest BCUT2D eigenvalue weighted by atomic mass is 19.4. The third kappa shape index (κ3) is 12.5. The van der Waals surface area contributed by atoms with Crippen LogP contribution in [0.15, 0.2) is 18.2 Å². The van der Waals surface area contributed by atoms with Crippen LogP contribution in [0, 0.1) is 12.7 Å². The van der Waals surface area contributed by atoms with Crippen molar-refractivity contribution in [3.63, 3.8) is 0 Å². The normalized spacial score (nSPS) is 10.8. The van der Waals surface area contributed by atoms with E-state index in [1.54, 1.807) is 6.07 Å². The Kier molecular flexibility index (Phi) is 12.4. The Balaban J connectivity index is 0.000000758. The van der Waals surface area contributed by atoms with Gasteiger partial charge in [-0.05, 0) is 43.9 Å². The number of carboxylic acids is 1. The summed E-state index contributed by atoms with van der Waals surface area (Å²) in [6.45, 7) is 6.20. The molecule has 0 fully saturated rings. The summed E-state index contributed by atoms with van der Waals surface area (Å²) in [6.07, 6.45) is 0.247. The monoisotopic (exact) mass is 381 g/mol. The van der Waals surface area contributed by atoms with E-state index in [0.29, 0.717) is 12.4 Å². The first-order valence-corrected chi connectivity index (χ1v) is 8.43. The van der Waals surface area contributed by atoms with Gasteiger partial charge < -0.3 is 19.4 Å². The molecule has 150 valence electrons. The van der Waals surface area contributed by atoms with Crippen molar-refractivity contribution >= 4 is 5.97 Å². The molecule has 8 heteroatoms. The van der Waals surface area contributed by atoms with Crippen molar-refractivity contribution in [3.05, 3.63) is 29.6 Å². The Labute approximate surface area is 151 Å². The number of carbonyl (C=O) groups excluding carboxylic acids is 1. The first-order valence-electron chi connectivity index (χ1n) is 8.43. The number of carboxylic acid groups (broad SMARTS) is 1. The number of rotatable bonds is 10. The highest BCUT2D eigenvalue weighted by Gasteiger charge is 2.28. The van der Waals surface area contributed by atoms with Crippen LogP contribution in [0.3, 0.4) is 0 Å². The Hall–Kier alpha value is -1.83. The van der Waals surface area contributed by atoms with Gasteiger partial charge in [0.15, 0.2) is 11.6 Å². The van der Waals surface area contributed by atoms with Gasteiger partial charge in [0.2, 0.25) is 0 Å². The van der Waals surface area contributed by atoms with Crippen LogP contribution in [0.1, 0.15) is 44.6 Å². The molecule has 0 spiro atoms. The molecule has 0 N–H and O–H groups in total. The second kappa shape index (κ2) is 13.4. The van der Waals surface area contributed by atoms with Crippen LogP contribution < -0.4 is 9.84 Å². The van der Waals surface area contributed by atoms with Gasteiger partial charge in [-0.25, -0.2) is 4.39 Å². The fraction of sp³-hybridized carbons (Fsp3) is 0.611.